The highest BCUT2D eigenvalue weighted by molar-refractivity contribution is 6.32. The molecule has 0 spiro atoms. The number of benzene rings is 2. The van der Waals surface area contributed by atoms with Gasteiger partial charge in [-0.15, -0.1) is 0 Å². The topological polar surface area (TPSA) is 73.1 Å². The molecule has 0 aliphatic carbocycles. The molecule has 0 heterocycles. The molecule has 130 valence electrons. The first-order chi connectivity index (χ1) is 12.2. The molecule has 0 aromatic heterocycles. The summed E-state index contributed by atoms with van der Waals surface area (Å²) in [5.74, 6) is 1.65. The normalized spacial score (nSPS) is 10.3. The Morgan fingerprint density at radius 2 is 1.88 bits per heavy atom. The fraction of sp³-hybridized carbons (Fsp3) is 0.222. The van der Waals surface area contributed by atoms with Gasteiger partial charge in [-0.3, -0.25) is 0 Å². The summed E-state index contributed by atoms with van der Waals surface area (Å²) in [6.07, 6.45) is 1.52. The van der Waals surface area contributed by atoms with Crippen LogP contribution in [0.1, 0.15) is 11.1 Å². The van der Waals surface area contributed by atoms with Crippen LogP contribution in [0.25, 0.3) is 0 Å². The van der Waals surface area contributed by atoms with E-state index in [9.17, 15) is 0 Å². The van der Waals surface area contributed by atoms with Gasteiger partial charge in [-0.1, -0.05) is 16.8 Å². The maximum atomic E-state index is 8.73. The number of nitriles is 1. The zero-order chi connectivity index (χ0) is 18.1. The summed E-state index contributed by atoms with van der Waals surface area (Å²) in [4.78, 5) is 5.15. The second-order valence-electron chi connectivity index (χ2n) is 4.79. The van der Waals surface area contributed by atoms with Crippen LogP contribution in [0, 0.1) is 11.3 Å². The molecule has 0 saturated heterocycles. The van der Waals surface area contributed by atoms with Crippen LogP contribution in [-0.2, 0) is 4.84 Å². The quantitative estimate of drug-likeness (QED) is 0.408. The summed E-state index contributed by atoms with van der Waals surface area (Å²) in [7, 11) is 3.06. The molecule has 25 heavy (non-hydrogen) atoms. The molecular weight excluding hydrogens is 344 g/mol. The average molecular weight is 361 g/mol. The minimum absolute atomic E-state index is 0.275. The summed E-state index contributed by atoms with van der Waals surface area (Å²) >= 11 is 6.12. The van der Waals surface area contributed by atoms with E-state index in [1.165, 1.54) is 20.4 Å². The van der Waals surface area contributed by atoms with Gasteiger partial charge in [0.25, 0.3) is 0 Å². The van der Waals surface area contributed by atoms with E-state index in [0.717, 1.165) is 5.56 Å². The molecule has 2 aromatic rings. The molecule has 2 rings (SSSR count). The first kappa shape index (κ1) is 18.4. The molecule has 6 nitrogen and oxygen atoms in total. The maximum Gasteiger partial charge on any atom is 0.179 e. The Morgan fingerprint density at radius 3 is 2.52 bits per heavy atom. The Morgan fingerprint density at radius 1 is 1.12 bits per heavy atom. The monoisotopic (exact) mass is 360 g/mol. The number of nitrogens with zero attached hydrogens (tertiary/aromatic N) is 2. The van der Waals surface area contributed by atoms with E-state index in [-0.39, 0.29) is 6.61 Å². The molecule has 0 aliphatic rings. The van der Waals surface area contributed by atoms with E-state index in [0.29, 0.717) is 34.4 Å². The molecule has 0 radical (unpaired) electrons. The molecular formula is C18H17ClN2O4. The Labute approximate surface area is 151 Å². The molecule has 0 bridgehead atoms. The van der Waals surface area contributed by atoms with E-state index in [1.807, 2.05) is 6.07 Å². The minimum atomic E-state index is 0.275. The summed E-state index contributed by atoms with van der Waals surface area (Å²) in [6.45, 7) is 0.605. The highest BCUT2D eigenvalue weighted by atomic mass is 35.5. The van der Waals surface area contributed by atoms with Crippen LogP contribution < -0.4 is 14.2 Å². The van der Waals surface area contributed by atoms with Gasteiger partial charge in [-0.2, -0.15) is 5.26 Å². The predicted molar refractivity (Wildman–Crippen MR) is 94.8 cm³/mol. The molecule has 0 unspecified atom stereocenters. The summed E-state index contributed by atoms with van der Waals surface area (Å²) in [6, 6.07) is 12.3. The highest BCUT2D eigenvalue weighted by Crippen LogP contribution is 2.35. The fourth-order valence-electron chi connectivity index (χ4n) is 1.99. The predicted octanol–water partition coefficient (Wildman–Crippen LogP) is 3.66. The van der Waals surface area contributed by atoms with Crippen molar-refractivity contribution in [2.75, 3.05) is 27.4 Å². The van der Waals surface area contributed by atoms with Crippen molar-refractivity contribution in [3.63, 3.8) is 0 Å². The molecule has 0 aliphatic heterocycles. The number of oxime groups is 1. The summed E-state index contributed by atoms with van der Waals surface area (Å²) in [5, 5.41) is 13.0. The van der Waals surface area contributed by atoms with Crippen molar-refractivity contribution in [2.24, 2.45) is 5.16 Å². The van der Waals surface area contributed by atoms with Crippen LogP contribution >= 0.6 is 11.6 Å². The summed E-state index contributed by atoms with van der Waals surface area (Å²) < 4.78 is 15.9. The van der Waals surface area contributed by atoms with Crippen molar-refractivity contribution in [1.29, 1.82) is 5.26 Å². The van der Waals surface area contributed by atoms with Crippen molar-refractivity contribution >= 4 is 17.8 Å². The summed E-state index contributed by atoms with van der Waals surface area (Å²) in [5.41, 5.74) is 1.30. The Kier molecular flexibility index (Phi) is 6.93. The number of rotatable bonds is 8. The first-order valence-electron chi connectivity index (χ1n) is 7.37. The SMILES string of the molecule is COc1cc(/C=N/OCCOc2ccc(C#N)cc2)cc(Cl)c1OC. The van der Waals surface area contributed by atoms with Crippen molar-refractivity contribution in [3.8, 4) is 23.3 Å². The third-order valence-corrected chi connectivity index (χ3v) is 3.44. The van der Waals surface area contributed by atoms with Crippen molar-refractivity contribution in [3.05, 3.63) is 52.5 Å². The van der Waals surface area contributed by atoms with E-state index in [2.05, 4.69) is 5.16 Å². The lowest BCUT2D eigenvalue weighted by Gasteiger charge is -2.09. The lowest BCUT2D eigenvalue weighted by molar-refractivity contribution is 0.108. The van der Waals surface area contributed by atoms with Gasteiger partial charge in [0, 0.05) is 5.56 Å². The van der Waals surface area contributed by atoms with Crippen LogP contribution in [0.5, 0.6) is 17.2 Å². The maximum absolute atomic E-state index is 8.73. The Hall–Kier alpha value is -2.91. The number of halogens is 1. The van der Waals surface area contributed by atoms with E-state index >= 15 is 0 Å². The standard InChI is InChI=1S/C18H17ClN2O4/c1-22-17-10-14(9-16(19)18(17)23-2)12-21-25-8-7-24-15-5-3-13(11-20)4-6-15/h3-6,9-10,12H,7-8H2,1-2H3/b21-12+. The van der Waals surface area contributed by atoms with E-state index < -0.39 is 0 Å². The molecule has 0 amide bonds. The highest BCUT2D eigenvalue weighted by Gasteiger charge is 2.09. The van der Waals surface area contributed by atoms with E-state index in [1.54, 1.807) is 36.4 Å². The van der Waals surface area contributed by atoms with Crippen LogP contribution in [0.2, 0.25) is 5.02 Å². The molecule has 0 atom stereocenters. The third kappa shape index (κ3) is 5.30. The number of hydrogen-bond donors (Lipinski definition) is 0. The van der Waals surface area contributed by atoms with Gasteiger partial charge in [0.05, 0.1) is 37.1 Å². The van der Waals surface area contributed by atoms with Crippen molar-refractivity contribution < 1.29 is 19.0 Å². The molecule has 0 saturated carbocycles. The number of hydrogen-bond acceptors (Lipinski definition) is 6. The van der Waals surface area contributed by atoms with Gasteiger partial charge in [0.15, 0.2) is 18.1 Å². The van der Waals surface area contributed by atoms with Gasteiger partial charge in [0.1, 0.15) is 12.4 Å². The number of methoxy groups -OCH3 is 2. The largest absolute Gasteiger partial charge is 0.493 e. The minimum Gasteiger partial charge on any atom is -0.493 e. The van der Waals surface area contributed by atoms with Gasteiger partial charge in [-0.25, -0.2) is 0 Å². The smallest absolute Gasteiger partial charge is 0.179 e. The third-order valence-electron chi connectivity index (χ3n) is 3.16. The fourth-order valence-corrected chi connectivity index (χ4v) is 2.28. The number of ether oxygens (including phenoxy) is 3. The van der Waals surface area contributed by atoms with Gasteiger partial charge < -0.3 is 19.0 Å². The second kappa shape index (κ2) is 9.40. The lowest BCUT2D eigenvalue weighted by Crippen LogP contribution is -2.04. The molecule has 7 heteroatoms. The molecule has 0 fully saturated rings. The molecule has 0 N–H and O–H groups in total. The Balaban J connectivity index is 1.81. The lowest BCUT2D eigenvalue weighted by atomic mass is 10.2. The van der Waals surface area contributed by atoms with Crippen LogP contribution in [0.4, 0.5) is 0 Å². The van der Waals surface area contributed by atoms with Gasteiger partial charge in [0.2, 0.25) is 0 Å². The first-order valence-corrected chi connectivity index (χ1v) is 7.75. The van der Waals surface area contributed by atoms with Crippen LogP contribution in [-0.4, -0.2) is 33.6 Å². The van der Waals surface area contributed by atoms with Gasteiger partial charge in [-0.05, 0) is 36.4 Å². The zero-order valence-corrected chi connectivity index (χ0v) is 14.6. The van der Waals surface area contributed by atoms with Crippen molar-refractivity contribution in [2.45, 2.75) is 0 Å². The average Bonchev–Trinajstić information content (AvgIpc) is 2.64. The second-order valence-corrected chi connectivity index (χ2v) is 5.20. The van der Waals surface area contributed by atoms with Crippen molar-refractivity contribution in [1.82, 2.24) is 0 Å². The van der Waals surface area contributed by atoms with E-state index in [4.69, 9.17) is 35.9 Å². The Bertz CT molecular complexity index is 770. The van der Waals surface area contributed by atoms with Gasteiger partial charge >= 0.3 is 0 Å². The molecule has 2 aromatic carbocycles. The zero-order valence-electron chi connectivity index (χ0n) is 13.9. The van der Waals surface area contributed by atoms with Crippen LogP contribution in [0.15, 0.2) is 41.6 Å². The van der Waals surface area contributed by atoms with Crippen LogP contribution in [0.3, 0.4) is 0 Å².